The Morgan fingerprint density at radius 3 is 2.70 bits per heavy atom. The molecule has 0 aromatic heterocycles. The van der Waals surface area contributed by atoms with Crippen molar-refractivity contribution in [3.63, 3.8) is 0 Å². The van der Waals surface area contributed by atoms with Crippen LogP contribution in [0.25, 0.3) is 0 Å². The standard InChI is InChI=1S/C6H10F2O2/c1-5(9)10-4-6(8)2-3-7/h6H,2-4H2,1H3. The molecule has 0 saturated carbocycles. The molecule has 0 heterocycles. The largest absolute Gasteiger partial charge is 0.463 e. The predicted molar refractivity (Wildman–Crippen MR) is 32.1 cm³/mol. The van der Waals surface area contributed by atoms with Crippen LogP contribution in [-0.4, -0.2) is 25.4 Å². The van der Waals surface area contributed by atoms with E-state index in [0.29, 0.717) is 0 Å². The third kappa shape index (κ3) is 5.47. The highest BCUT2D eigenvalue weighted by Crippen LogP contribution is 1.98. The zero-order valence-electron chi connectivity index (χ0n) is 5.77. The lowest BCUT2D eigenvalue weighted by Gasteiger charge is -2.04. The van der Waals surface area contributed by atoms with Crippen LogP contribution < -0.4 is 0 Å². The second-order valence-electron chi connectivity index (χ2n) is 1.88. The SMILES string of the molecule is CC(=O)OCC(F)CCF. The highest BCUT2D eigenvalue weighted by molar-refractivity contribution is 5.65. The quantitative estimate of drug-likeness (QED) is 0.566. The van der Waals surface area contributed by atoms with E-state index < -0.39 is 18.8 Å². The van der Waals surface area contributed by atoms with Crippen LogP contribution in [0, 0.1) is 0 Å². The highest BCUT2D eigenvalue weighted by atomic mass is 19.1. The summed E-state index contributed by atoms with van der Waals surface area (Å²) in [6, 6.07) is 0. The smallest absolute Gasteiger partial charge is 0.302 e. The van der Waals surface area contributed by atoms with Gasteiger partial charge in [0.15, 0.2) is 0 Å². The second-order valence-corrected chi connectivity index (χ2v) is 1.88. The van der Waals surface area contributed by atoms with E-state index >= 15 is 0 Å². The van der Waals surface area contributed by atoms with Crippen LogP contribution in [0.3, 0.4) is 0 Å². The van der Waals surface area contributed by atoms with Gasteiger partial charge in [0.05, 0.1) is 6.67 Å². The first-order valence-corrected chi connectivity index (χ1v) is 3.00. The van der Waals surface area contributed by atoms with Gasteiger partial charge in [-0.3, -0.25) is 9.18 Å². The fourth-order valence-electron chi connectivity index (χ4n) is 0.410. The molecular formula is C6H10F2O2. The average molecular weight is 152 g/mol. The van der Waals surface area contributed by atoms with Gasteiger partial charge >= 0.3 is 5.97 Å². The summed E-state index contributed by atoms with van der Waals surface area (Å²) in [7, 11) is 0. The van der Waals surface area contributed by atoms with E-state index in [0.717, 1.165) is 0 Å². The van der Waals surface area contributed by atoms with Gasteiger partial charge in [-0.05, 0) is 0 Å². The van der Waals surface area contributed by atoms with Crippen molar-refractivity contribution in [2.45, 2.75) is 19.5 Å². The number of carbonyl (C=O) groups excluding carboxylic acids is 1. The van der Waals surface area contributed by atoms with Crippen molar-refractivity contribution in [1.29, 1.82) is 0 Å². The summed E-state index contributed by atoms with van der Waals surface area (Å²) in [6.07, 6.45) is -1.57. The Bertz CT molecular complexity index is 106. The van der Waals surface area contributed by atoms with Crippen LogP contribution in [0.1, 0.15) is 13.3 Å². The zero-order chi connectivity index (χ0) is 7.98. The highest BCUT2D eigenvalue weighted by Gasteiger charge is 2.06. The van der Waals surface area contributed by atoms with Gasteiger partial charge in [-0.25, -0.2) is 4.39 Å². The van der Waals surface area contributed by atoms with Crippen molar-refractivity contribution in [2.24, 2.45) is 0 Å². The van der Waals surface area contributed by atoms with Gasteiger partial charge in [-0.1, -0.05) is 0 Å². The van der Waals surface area contributed by atoms with Gasteiger partial charge in [0.1, 0.15) is 12.8 Å². The van der Waals surface area contributed by atoms with E-state index in [9.17, 15) is 13.6 Å². The number of carbonyl (C=O) groups is 1. The third-order valence-electron chi connectivity index (χ3n) is 0.890. The molecular weight excluding hydrogens is 142 g/mol. The minimum Gasteiger partial charge on any atom is -0.463 e. The summed E-state index contributed by atoms with van der Waals surface area (Å²) < 4.78 is 27.9. The Morgan fingerprint density at radius 1 is 1.70 bits per heavy atom. The summed E-state index contributed by atoms with van der Waals surface area (Å²) in [5.41, 5.74) is 0. The molecule has 10 heavy (non-hydrogen) atoms. The van der Waals surface area contributed by atoms with Crippen LogP contribution in [0.5, 0.6) is 0 Å². The van der Waals surface area contributed by atoms with E-state index in [1.165, 1.54) is 6.92 Å². The first kappa shape index (κ1) is 9.33. The van der Waals surface area contributed by atoms with Crippen molar-refractivity contribution >= 4 is 5.97 Å². The molecule has 0 amide bonds. The predicted octanol–water partition coefficient (Wildman–Crippen LogP) is 1.25. The van der Waals surface area contributed by atoms with Crippen molar-refractivity contribution in [2.75, 3.05) is 13.3 Å². The molecule has 0 fully saturated rings. The van der Waals surface area contributed by atoms with E-state index in [2.05, 4.69) is 4.74 Å². The van der Waals surface area contributed by atoms with Gasteiger partial charge in [-0.15, -0.1) is 0 Å². The Balaban J connectivity index is 3.21. The Hall–Kier alpha value is -0.670. The first-order valence-electron chi connectivity index (χ1n) is 3.00. The van der Waals surface area contributed by atoms with Crippen molar-refractivity contribution in [3.05, 3.63) is 0 Å². The summed E-state index contributed by atoms with van der Waals surface area (Å²) >= 11 is 0. The number of ether oxygens (including phenoxy) is 1. The van der Waals surface area contributed by atoms with Crippen LogP contribution >= 0.6 is 0 Å². The molecule has 1 atom stereocenters. The number of halogens is 2. The van der Waals surface area contributed by atoms with Crippen LogP contribution in [0.15, 0.2) is 0 Å². The number of alkyl halides is 2. The number of hydrogen-bond donors (Lipinski definition) is 0. The average Bonchev–Trinajstić information content (AvgIpc) is 1.85. The lowest BCUT2D eigenvalue weighted by Crippen LogP contribution is -2.13. The molecule has 4 heteroatoms. The zero-order valence-corrected chi connectivity index (χ0v) is 5.77. The molecule has 0 bridgehead atoms. The van der Waals surface area contributed by atoms with E-state index in [1.54, 1.807) is 0 Å². The lowest BCUT2D eigenvalue weighted by molar-refractivity contribution is -0.142. The van der Waals surface area contributed by atoms with Crippen molar-refractivity contribution < 1.29 is 18.3 Å². The maximum atomic E-state index is 12.2. The second kappa shape index (κ2) is 5.14. The summed E-state index contributed by atoms with van der Waals surface area (Å²) in [5.74, 6) is -0.540. The van der Waals surface area contributed by atoms with Crippen LogP contribution in [-0.2, 0) is 9.53 Å². The van der Waals surface area contributed by atoms with Gasteiger partial charge in [0.25, 0.3) is 0 Å². The Morgan fingerprint density at radius 2 is 2.30 bits per heavy atom. The van der Waals surface area contributed by atoms with Gasteiger partial charge < -0.3 is 4.74 Å². The first-order chi connectivity index (χ1) is 4.66. The van der Waals surface area contributed by atoms with E-state index in [4.69, 9.17) is 0 Å². The molecule has 0 aromatic carbocycles. The molecule has 0 N–H and O–H groups in total. The number of rotatable bonds is 4. The Kier molecular flexibility index (Phi) is 4.80. The number of esters is 1. The van der Waals surface area contributed by atoms with Gasteiger partial charge in [-0.2, -0.15) is 0 Å². The maximum Gasteiger partial charge on any atom is 0.302 e. The molecule has 0 aliphatic rings. The van der Waals surface area contributed by atoms with Gasteiger partial charge in [0, 0.05) is 13.3 Å². The fourth-order valence-corrected chi connectivity index (χ4v) is 0.410. The summed E-state index contributed by atoms with van der Waals surface area (Å²) in [5, 5.41) is 0. The minimum atomic E-state index is -1.37. The molecule has 1 unspecified atom stereocenters. The van der Waals surface area contributed by atoms with Gasteiger partial charge in [0.2, 0.25) is 0 Å². The van der Waals surface area contributed by atoms with Crippen molar-refractivity contribution in [3.8, 4) is 0 Å². The molecule has 2 nitrogen and oxygen atoms in total. The summed E-state index contributed by atoms with van der Waals surface area (Å²) in [6.45, 7) is 0.129. The molecule has 60 valence electrons. The molecule has 0 aromatic rings. The summed E-state index contributed by atoms with van der Waals surface area (Å²) in [4.78, 5) is 10.1. The minimum absolute atomic E-state index is 0.201. The number of hydrogen-bond acceptors (Lipinski definition) is 2. The Labute approximate surface area is 58.2 Å². The molecule has 0 spiro atoms. The fraction of sp³-hybridized carbons (Fsp3) is 0.833. The van der Waals surface area contributed by atoms with Crippen LogP contribution in [0.4, 0.5) is 8.78 Å². The molecule has 0 saturated heterocycles. The van der Waals surface area contributed by atoms with Crippen molar-refractivity contribution in [1.82, 2.24) is 0 Å². The molecule has 0 radical (unpaired) electrons. The topological polar surface area (TPSA) is 26.3 Å². The normalized spacial score (nSPS) is 12.7. The molecule has 0 aliphatic heterocycles. The molecule has 0 aliphatic carbocycles. The lowest BCUT2D eigenvalue weighted by atomic mass is 10.3. The third-order valence-corrected chi connectivity index (χ3v) is 0.890. The van der Waals surface area contributed by atoms with E-state index in [-0.39, 0.29) is 13.0 Å². The maximum absolute atomic E-state index is 12.2. The monoisotopic (exact) mass is 152 g/mol. The van der Waals surface area contributed by atoms with Crippen LogP contribution in [0.2, 0.25) is 0 Å². The van der Waals surface area contributed by atoms with E-state index in [1.807, 2.05) is 0 Å². The molecule has 0 rings (SSSR count).